The average molecular weight is 211 g/mol. The van der Waals surface area contributed by atoms with Gasteiger partial charge in [0.2, 0.25) is 5.78 Å². The molecular weight excluding hydrogens is 202 g/mol. The predicted octanol–water partition coefficient (Wildman–Crippen LogP) is 1.35. The normalized spacial score (nSPS) is 18.0. The fourth-order valence-electron chi connectivity index (χ4n) is 1.92. The first kappa shape index (κ1) is 9.03. The molecular formula is C12H9N3O. The highest BCUT2D eigenvalue weighted by molar-refractivity contribution is 6.49. The van der Waals surface area contributed by atoms with Crippen molar-refractivity contribution in [3.63, 3.8) is 0 Å². The lowest BCUT2D eigenvalue weighted by atomic mass is 9.98. The minimum absolute atomic E-state index is 0.0417. The fourth-order valence-corrected chi connectivity index (χ4v) is 1.92. The summed E-state index contributed by atoms with van der Waals surface area (Å²) in [5.74, 6) is -0.218. The fraction of sp³-hybridized carbons (Fsp3) is 0.0833. The summed E-state index contributed by atoms with van der Waals surface area (Å²) in [4.78, 5) is 17.7. The van der Waals surface area contributed by atoms with Gasteiger partial charge in [-0.3, -0.25) is 15.2 Å². The third-order valence-corrected chi connectivity index (χ3v) is 2.78. The van der Waals surface area contributed by atoms with Gasteiger partial charge < -0.3 is 4.90 Å². The molecule has 0 saturated carbocycles. The van der Waals surface area contributed by atoms with Crippen molar-refractivity contribution in [1.82, 2.24) is 9.88 Å². The first-order valence-corrected chi connectivity index (χ1v) is 4.98. The maximum Gasteiger partial charge on any atom is 0.227 e. The largest absolute Gasteiger partial charge is 0.340 e. The van der Waals surface area contributed by atoms with Gasteiger partial charge in [0.05, 0.1) is 5.70 Å². The lowest BCUT2D eigenvalue weighted by molar-refractivity contribution is -0.111. The van der Waals surface area contributed by atoms with Gasteiger partial charge in [0.25, 0.3) is 0 Å². The molecule has 1 N–H and O–H groups in total. The van der Waals surface area contributed by atoms with Gasteiger partial charge in [0.15, 0.2) is 0 Å². The van der Waals surface area contributed by atoms with E-state index in [1.54, 1.807) is 18.6 Å². The van der Waals surface area contributed by atoms with E-state index in [9.17, 15) is 4.79 Å². The van der Waals surface area contributed by atoms with Crippen LogP contribution in [0.1, 0.15) is 11.1 Å². The summed E-state index contributed by atoms with van der Waals surface area (Å²) in [6, 6.07) is 1.88. The molecule has 16 heavy (non-hydrogen) atoms. The Morgan fingerprint density at radius 2 is 2.31 bits per heavy atom. The third-order valence-electron chi connectivity index (χ3n) is 2.78. The van der Waals surface area contributed by atoms with Crippen LogP contribution in [0.15, 0.2) is 36.4 Å². The van der Waals surface area contributed by atoms with Gasteiger partial charge >= 0.3 is 0 Å². The molecule has 0 spiro atoms. The Morgan fingerprint density at radius 1 is 1.44 bits per heavy atom. The zero-order chi connectivity index (χ0) is 11.1. The van der Waals surface area contributed by atoms with Crippen molar-refractivity contribution in [2.45, 2.75) is 6.54 Å². The molecule has 78 valence electrons. The quantitative estimate of drug-likeness (QED) is 0.704. The summed E-state index contributed by atoms with van der Waals surface area (Å²) < 4.78 is 0. The first-order valence-electron chi connectivity index (χ1n) is 4.98. The summed E-state index contributed by atoms with van der Waals surface area (Å²) in [5.41, 5.74) is 2.72. The Hall–Kier alpha value is -2.23. The summed E-state index contributed by atoms with van der Waals surface area (Å²) in [6.45, 7) is 0.643. The van der Waals surface area contributed by atoms with Crippen LogP contribution in [0.4, 0.5) is 0 Å². The molecule has 0 radical (unpaired) electrons. The van der Waals surface area contributed by atoms with E-state index in [1.807, 2.05) is 17.0 Å². The van der Waals surface area contributed by atoms with E-state index in [1.165, 1.54) is 6.08 Å². The molecule has 0 saturated heterocycles. The van der Waals surface area contributed by atoms with E-state index < -0.39 is 0 Å². The van der Waals surface area contributed by atoms with E-state index in [2.05, 4.69) is 4.98 Å². The molecule has 0 amide bonds. The second-order valence-electron chi connectivity index (χ2n) is 3.79. The number of carbonyl (C=O) groups is 1. The van der Waals surface area contributed by atoms with Gasteiger partial charge in [-0.05, 0) is 29.3 Å². The molecule has 3 heterocycles. The first-order chi connectivity index (χ1) is 7.75. The number of hydrogen-bond donors (Lipinski definition) is 1. The van der Waals surface area contributed by atoms with Crippen molar-refractivity contribution in [1.29, 1.82) is 5.41 Å². The van der Waals surface area contributed by atoms with Crippen molar-refractivity contribution in [3.05, 3.63) is 47.6 Å². The standard InChI is InChI=1S/C12H9N3O/c13-10-2-4-15-7-9-6-14-3-1-8(9)5-11(15)12(10)16/h1-6,13H,7H2. The second-order valence-corrected chi connectivity index (χ2v) is 3.79. The Kier molecular flexibility index (Phi) is 1.77. The summed E-state index contributed by atoms with van der Waals surface area (Å²) in [5, 5.41) is 7.49. The number of aromatic nitrogens is 1. The van der Waals surface area contributed by atoms with Gasteiger partial charge in [-0.15, -0.1) is 0 Å². The van der Waals surface area contributed by atoms with Crippen LogP contribution in [0, 0.1) is 5.41 Å². The van der Waals surface area contributed by atoms with Crippen molar-refractivity contribution >= 4 is 17.6 Å². The molecule has 0 fully saturated rings. The lowest BCUT2D eigenvalue weighted by Crippen LogP contribution is -2.32. The maximum atomic E-state index is 11.8. The number of ketones is 1. The van der Waals surface area contributed by atoms with Crippen LogP contribution in [-0.4, -0.2) is 21.4 Å². The van der Waals surface area contributed by atoms with E-state index in [0.717, 1.165) is 11.1 Å². The Balaban J connectivity index is 2.16. The van der Waals surface area contributed by atoms with Crippen molar-refractivity contribution in [2.24, 2.45) is 0 Å². The third kappa shape index (κ3) is 1.20. The average Bonchev–Trinajstić information content (AvgIpc) is 2.32. The number of allylic oxidation sites excluding steroid dienone is 2. The van der Waals surface area contributed by atoms with Gasteiger partial charge in [-0.25, -0.2) is 0 Å². The molecule has 2 aliphatic heterocycles. The highest BCUT2D eigenvalue weighted by Gasteiger charge is 2.26. The van der Waals surface area contributed by atoms with Gasteiger partial charge in [-0.2, -0.15) is 0 Å². The van der Waals surface area contributed by atoms with Gasteiger partial charge in [-0.1, -0.05) is 0 Å². The molecule has 1 aromatic rings. The van der Waals surface area contributed by atoms with Crippen molar-refractivity contribution < 1.29 is 4.79 Å². The molecule has 3 rings (SSSR count). The molecule has 2 aliphatic rings. The van der Waals surface area contributed by atoms with Crippen LogP contribution in [0.3, 0.4) is 0 Å². The van der Waals surface area contributed by atoms with Crippen molar-refractivity contribution in [2.75, 3.05) is 0 Å². The lowest BCUT2D eigenvalue weighted by Gasteiger charge is -2.29. The summed E-state index contributed by atoms with van der Waals surface area (Å²) >= 11 is 0. The molecule has 0 unspecified atom stereocenters. The van der Waals surface area contributed by atoms with Crippen LogP contribution in [-0.2, 0) is 11.3 Å². The highest BCUT2D eigenvalue weighted by Crippen LogP contribution is 2.26. The number of nitrogens with zero attached hydrogens (tertiary/aromatic N) is 2. The minimum atomic E-state index is -0.218. The number of nitrogens with one attached hydrogen (secondary N) is 1. The minimum Gasteiger partial charge on any atom is -0.340 e. The van der Waals surface area contributed by atoms with Crippen LogP contribution in [0.5, 0.6) is 0 Å². The Morgan fingerprint density at radius 3 is 3.19 bits per heavy atom. The number of Topliss-reactive ketones (excluding diaryl/α,β-unsaturated/α-hetero) is 1. The summed E-state index contributed by atoms with van der Waals surface area (Å²) in [7, 11) is 0. The summed E-state index contributed by atoms with van der Waals surface area (Å²) in [6.07, 6.45) is 8.63. The maximum absolute atomic E-state index is 11.8. The SMILES string of the molecule is N=C1C=CN2Cc3cnccc3C=C2C1=O. The molecule has 4 heteroatoms. The zero-order valence-electron chi connectivity index (χ0n) is 8.47. The molecule has 0 bridgehead atoms. The van der Waals surface area contributed by atoms with Gasteiger partial charge in [0, 0.05) is 25.1 Å². The zero-order valence-corrected chi connectivity index (χ0v) is 8.47. The van der Waals surface area contributed by atoms with Crippen LogP contribution < -0.4 is 0 Å². The molecule has 4 nitrogen and oxygen atoms in total. The molecule has 0 aliphatic carbocycles. The van der Waals surface area contributed by atoms with E-state index in [-0.39, 0.29) is 11.5 Å². The highest BCUT2D eigenvalue weighted by atomic mass is 16.1. The number of fused-ring (bicyclic) bond motifs is 2. The van der Waals surface area contributed by atoms with E-state index in [4.69, 9.17) is 5.41 Å². The second kappa shape index (κ2) is 3.13. The van der Waals surface area contributed by atoms with Crippen LogP contribution in [0.25, 0.3) is 6.08 Å². The number of rotatable bonds is 0. The number of pyridine rings is 1. The topological polar surface area (TPSA) is 57.1 Å². The predicted molar refractivity (Wildman–Crippen MR) is 59.6 cm³/mol. The van der Waals surface area contributed by atoms with Crippen molar-refractivity contribution in [3.8, 4) is 0 Å². The molecule has 0 atom stereocenters. The number of carbonyl (C=O) groups excluding carboxylic acids is 1. The Labute approximate surface area is 92.4 Å². The monoisotopic (exact) mass is 211 g/mol. The van der Waals surface area contributed by atoms with Crippen LogP contribution >= 0.6 is 0 Å². The van der Waals surface area contributed by atoms with Crippen LogP contribution in [0.2, 0.25) is 0 Å². The molecule has 1 aromatic heterocycles. The smallest absolute Gasteiger partial charge is 0.227 e. The van der Waals surface area contributed by atoms with Gasteiger partial charge in [0.1, 0.15) is 5.71 Å². The molecule has 0 aromatic carbocycles. The Bertz CT molecular complexity index is 557. The van der Waals surface area contributed by atoms with E-state index in [0.29, 0.717) is 12.2 Å². The number of hydrogen-bond acceptors (Lipinski definition) is 4. The van der Waals surface area contributed by atoms with E-state index >= 15 is 0 Å².